The Labute approximate surface area is 154 Å². The molecular formula is C15H29F3O6SSi. The molecule has 0 aromatic carbocycles. The lowest BCUT2D eigenvalue weighted by Gasteiger charge is -2.19. The second-order valence-corrected chi connectivity index (χ2v) is 12.8. The van der Waals surface area contributed by atoms with E-state index in [2.05, 4.69) is 17.8 Å². The van der Waals surface area contributed by atoms with Crippen molar-refractivity contribution in [2.75, 3.05) is 12.9 Å². The molecule has 0 amide bonds. The van der Waals surface area contributed by atoms with Crippen LogP contribution in [-0.2, 0) is 24.1 Å². The third kappa shape index (κ3) is 13.5. The maximum Gasteiger partial charge on any atom is 0.426 e. The Hall–Kier alpha value is -0.653. The first-order valence-corrected chi connectivity index (χ1v) is 13.3. The highest BCUT2D eigenvalue weighted by Gasteiger charge is 2.45. The van der Waals surface area contributed by atoms with Gasteiger partial charge in [0.05, 0.1) is 0 Å². The van der Waals surface area contributed by atoms with Crippen molar-refractivity contribution in [3.8, 4) is 0 Å². The van der Waals surface area contributed by atoms with Crippen molar-refractivity contribution in [2.45, 2.75) is 76.4 Å². The van der Waals surface area contributed by atoms with E-state index in [1.165, 1.54) is 0 Å². The number of hydrogen-bond acceptors (Lipinski definition) is 5. The molecule has 0 aliphatic carbocycles. The maximum absolute atomic E-state index is 12.6. The van der Waals surface area contributed by atoms with Gasteiger partial charge in [-0.1, -0.05) is 32.1 Å². The van der Waals surface area contributed by atoms with E-state index in [1.54, 1.807) is 7.11 Å². The molecule has 26 heavy (non-hydrogen) atoms. The first-order chi connectivity index (χ1) is 11.8. The first-order valence-electron chi connectivity index (χ1n) is 8.53. The molecule has 0 fully saturated rings. The number of halogens is 3. The van der Waals surface area contributed by atoms with Crippen molar-refractivity contribution in [1.82, 2.24) is 0 Å². The Kier molecular flexibility index (Phi) is 11.0. The van der Waals surface area contributed by atoms with Crippen LogP contribution in [0.5, 0.6) is 0 Å². The van der Waals surface area contributed by atoms with Crippen LogP contribution < -0.4 is 0 Å². The van der Waals surface area contributed by atoms with E-state index in [-0.39, 0.29) is 6.42 Å². The van der Waals surface area contributed by atoms with Crippen molar-refractivity contribution >= 4 is 24.4 Å². The van der Waals surface area contributed by atoms with Crippen LogP contribution in [0, 0.1) is 0 Å². The molecule has 1 unspecified atom stereocenters. The van der Waals surface area contributed by atoms with Crippen LogP contribution in [0.15, 0.2) is 0 Å². The largest absolute Gasteiger partial charge is 0.451 e. The van der Waals surface area contributed by atoms with Crippen molar-refractivity contribution in [3.05, 3.63) is 0 Å². The Balaban J connectivity index is 3.97. The smallest absolute Gasteiger partial charge is 0.426 e. The maximum atomic E-state index is 12.6. The normalized spacial score (nSPS) is 14.3. The van der Waals surface area contributed by atoms with Gasteiger partial charge in [0, 0.05) is 13.5 Å². The molecule has 0 saturated carbocycles. The minimum Gasteiger partial charge on any atom is -0.451 e. The molecule has 156 valence electrons. The summed E-state index contributed by atoms with van der Waals surface area (Å²) in [6, 6.07) is 1.07. The molecule has 1 N–H and O–H groups in total. The van der Waals surface area contributed by atoms with E-state index in [9.17, 15) is 26.4 Å². The summed E-state index contributed by atoms with van der Waals surface area (Å²) in [6.45, 7) is 4.30. The Morgan fingerprint density at radius 3 is 2.04 bits per heavy atom. The predicted octanol–water partition coefficient (Wildman–Crippen LogP) is 3.93. The van der Waals surface area contributed by atoms with Gasteiger partial charge in [0.15, 0.2) is 8.32 Å². The third-order valence-corrected chi connectivity index (χ3v) is 7.35. The van der Waals surface area contributed by atoms with Crippen molar-refractivity contribution in [3.63, 3.8) is 0 Å². The van der Waals surface area contributed by atoms with E-state index in [1.807, 2.05) is 0 Å². The predicted molar refractivity (Wildman–Crippen MR) is 94.0 cm³/mol. The average Bonchev–Trinajstić information content (AvgIpc) is 2.47. The number of hydrogen-bond donors (Lipinski definition) is 1. The van der Waals surface area contributed by atoms with Crippen LogP contribution in [0.25, 0.3) is 0 Å². The standard InChI is InChI=1S/C15H29F3O6SSi/c1-23-26(2,3)11-9-7-5-4-6-8-10-14(19)24-13(15(16,17)18)12-25(20,21)22/h13H,4-12H2,1-3H3,(H,20,21,22). The van der Waals surface area contributed by atoms with Gasteiger partial charge in [-0.3, -0.25) is 9.35 Å². The van der Waals surface area contributed by atoms with E-state index in [4.69, 9.17) is 8.98 Å². The van der Waals surface area contributed by atoms with Crippen LogP contribution in [-0.4, -0.2) is 52.4 Å². The van der Waals surface area contributed by atoms with Crippen molar-refractivity contribution in [2.24, 2.45) is 0 Å². The van der Waals surface area contributed by atoms with Crippen molar-refractivity contribution in [1.29, 1.82) is 0 Å². The topological polar surface area (TPSA) is 89.9 Å². The van der Waals surface area contributed by atoms with Gasteiger partial charge in [0.1, 0.15) is 5.75 Å². The summed E-state index contributed by atoms with van der Waals surface area (Å²) in [5.41, 5.74) is 0. The number of carbonyl (C=O) groups is 1. The number of unbranched alkanes of at least 4 members (excludes halogenated alkanes) is 5. The van der Waals surface area contributed by atoms with E-state index in [0.717, 1.165) is 31.7 Å². The second-order valence-electron chi connectivity index (χ2n) is 6.85. The highest BCUT2D eigenvalue weighted by Crippen LogP contribution is 2.25. The highest BCUT2D eigenvalue weighted by molar-refractivity contribution is 7.85. The van der Waals surface area contributed by atoms with Gasteiger partial charge in [-0.15, -0.1) is 0 Å². The Morgan fingerprint density at radius 1 is 1.08 bits per heavy atom. The van der Waals surface area contributed by atoms with Crippen molar-refractivity contribution < 1.29 is 40.1 Å². The lowest BCUT2D eigenvalue weighted by Crippen LogP contribution is -2.39. The molecule has 0 heterocycles. The zero-order valence-corrected chi connectivity index (χ0v) is 17.3. The van der Waals surface area contributed by atoms with Crippen LogP contribution in [0.3, 0.4) is 0 Å². The average molecular weight is 423 g/mol. The van der Waals surface area contributed by atoms with Crippen LogP contribution in [0.4, 0.5) is 13.2 Å². The van der Waals surface area contributed by atoms with E-state index >= 15 is 0 Å². The summed E-state index contributed by atoms with van der Waals surface area (Å²) < 4.78 is 77.2. The molecule has 0 saturated heterocycles. The molecular weight excluding hydrogens is 393 g/mol. The monoisotopic (exact) mass is 422 g/mol. The number of alkyl halides is 3. The summed E-state index contributed by atoms with van der Waals surface area (Å²) in [4.78, 5) is 11.5. The second kappa shape index (κ2) is 11.2. The number of ether oxygens (including phenoxy) is 1. The molecule has 0 bridgehead atoms. The lowest BCUT2D eigenvalue weighted by molar-refractivity contribution is -0.215. The first kappa shape index (κ1) is 25.3. The Bertz CT molecular complexity index is 522. The van der Waals surface area contributed by atoms with Crippen LogP contribution in [0.1, 0.15) is 44.9 Å². The van der Waals surface area contributed by atoms with Crippen LogP contribution >= 0.6 is 0 Å². The summed E-state index contributed by atoms with van der Waals surface area (Å²) in [5.74, 6) is -2.81. The van der Waals surface area contributed by atoms with Gasteiger partial charge >= 0.3 is 12.1 Å². The summed E-state index contributed by atoms with van der Waals surface area (Å²) >= 11 is 0. The molecule has 1 atom stereocenters. The van der Waals surface area contributed by atoms with Gasteiger partial charge in [-0.05, 0) is 25.6 Å². The molecule has 0 aliphatic rings. The van der Waals surface area contributed by atoms with E-state index in [0.29, 0.717) is 12.8 Å². The third-order valence-electron chi connectivity index (χ3n) is 3.96. The number of rotatable bonds is 13. The number of esters is 1. The quantitative estimate of drug-likeness (QED) is 0.209. The fraction of sp³-hybridized carbons (Fsp3) is 0.933. The van der Waals surface area contributed by atoms with Gasteiger partial charge in [-0.25, -0.2) is 0 Å². The molecule has 0 aromatic heterocycles. The summed E-state index contributed by atoms with van der Waals surface area (Å²) in [7, 11) is -4.71. The fourth-order valence-corrected chi connectivity index (χ4v) is 4.18. The number of carbonyl (C=O) groups excluding carboxylic acids is 1. The van der Waals surface area contributed by atoms with Gasteiger partial charge in [0.25, 0.3) is 10.1 Å². The zero-order valence-electron chi connectivity index (χ0n) is 15.5. The van der Waals surface area contributed by atoms with Gasteiger partial charge in [-0.2, -0.15) is 21.6 Å². The molecule has 0 radical (unpaired) electrons. The Morgan fingerprint density at radius 2 is 1.58 bits per heavy atom. The minimum atomic E-state index is -5.05. The summed E-state index contributed by atoms with van der Waals surface area (Å²) in [6.07, 6.45) is -3.15. The molecule has 0 aliphatic heterocycles. The lowest BCUT2D eigenvalue weighted by atomic mass is 10.1. The molecule has 6 nitrogen and oxygen atoms in total. The van der Waals surface area contributed by atoms with Crippen LogP contribution in [0.2, 0.25) is 19.1 Å². The highest BCUT2D eigenvalue weighted by atomic mass is 32.2. The van der Waals surface area contributed by atoms with E-state index < -0.39 is 42.4 Å². The summed E-state index contributed by atoms with van der Waals surface area (Å²) in [5, 5.41) is 0. The SMILES string of the molecule is CO[Si](C)(C)CCCCCCCCC(=O)OC(CS(=O)(=O)O)C(F)(F)F. The molecule has 11 heteroatoms. The van der Waals surface area contributed by atoms with Gasteiger partial charge < -0.3 is 9.16 Å². The molecule has 0 rings (SSSR count). The van der Waals surface area contributed by atoms with Gasteiger partial charge in [0.2, 0.25) is 6.10 Å². The zero-order chi connectivity index (χ0) is 20.4. The fourth-order valence-electron chi connectivity index (χ4n) is 2.23. The molecule has 0 spiro atoms. The molecule has 0 aromatic rings. The minimum absolute atomic E-state index is 0.221.